The Morgan fingerprint density at radius 1 is 1.25 bits per heavy atom. The molecule has 1 fully saturated rings. The summed E-state index contributed by atoms with van der Waals surface area (Å²) >= 11 is 0. The molecule has 20 heavy (non-hydrogen) atoms. The van der Waals surface area contributed by atoms with Gasteiger partial charge in [0.25, 0.3) is 0 Å². The average Bonchev–Trinajstić information content (AvgIpc) is 2.47. The highest BCUT2D eigenvalue weighted by molar-refractivity contribution is 5.78. The van der Waals surface area contributed by atoms with Gasteiger partial charge in [-0.2, -0.15) is 0 Å². The Bertz CT molecular complexity index is 425. The number of rotatable bonds is 5. The lowest BCUT2D eigenvalue weighted by Crippen LogP contribution is -2.48. The molecule has 4 heteroatoms. The highest BCUT2D eigenvalue weighted by Crippen LogP contribution is 2.21. The number of nitrogens with zero attached hydrogens (tertiary/aromatic N) is 1. The second kappa shape index (κ2) is 6.86. The Kier molecular flexibility index (Phi) is 5.15. The molecular formula is C16H25N3O. The smallest absolute Gasteiger partial charge is 0.234 e. The van der Waals surface area contributed by atoms with Crippen molar-refractivity contribution in [2.24, 2.45) is 0 Å². The molecule has 1 aromatic rings. The maximum Gasteiger partial charge on any atom is 0.234 e. The van der Waals surface area contributed by atoms with Crippen molar-refractivity contribution in [3.8, 4) is 0 Å². The summed E-state index contributed by atoms with van der Waals surface area (Å²) < 4.78 is 0. The van der Waals surface area contributed by atoms with E-state index in [9.17, 15) is 4.79 Å². The first-order chi connectivity index (χ1) is 9.58. The van der Waals surface area contributed by atoms with Gasteiger partial charge in [0.2, 0.25) is 5.91 Å². The molecule has 1 heterocycles. The van der Waals surface area contributed by atoms with Gasteiger partial charge in [0.1, 0.15) is 0 Å². The van der Waals surface area contributed by atoms with Gasteiger partial charge in [0.05, 0.1) is 6.54 Å². The zero-order chi connectivity index (χ0) is 14.4. The fourth-order valence-corrected chi connectivity index (χ4v) is 2.44. The zero-order valence-electron chi connectivity index (χ0n) is 12.5. The van der Waals surface area contributed by atoms with E-state index in [0.717, 1.165) is 26.2 Å². The zero-order valence-corrected chi connectivity index (χ0v) is 12.5. The van der Waals surface area contributed by atoms with E-state index >= 15 is 0 Å². The van der Waals surface area contributed by atoms with Crippen LogP contribution in [0.25, 0.3) is 0 Å². The predicted molar refractivity (Wildman–Crippen MR) is 81.8 cm³/mol. The van der Waals surface area contributed by atoms with E-state index in [0.29, 0.717) is 13.1 Å². The number of carbonyl (C=O) groups is 1. The lowest BCUT2D eigenvalue weighted by Gasteiger charge is -2.28. The van der Waals surface area contributed by atoms with Crippen LogP contribution in [0.1, 0.15) is 19.4 Å². The molecule has 1 saturated heterocycles. The lowest BCUT2D eigenvalue weighted by atomic mass is 9.84. The van der Waals surface area contributed by atoms with E-state index in [2.05, 4.69) is 41.5 Å². The van der Waals surface area contributed by atoms with Gasteiger partial charge >= 0.3 is 0 Å². The van der Waals surface area contributed by atoms with Crippen LogP contribution in [-0.2, 0) is 10.2 Å². The first kappa shape index (κ1) is 15.0. The van der Waals surface area contributed by atoms with Crippen LogP contribution in [0.15, 0.2) is 30.3 Å². The van der Waals surface area contributed by atoms with Crippen molar-refractivity contribution in [2.45, 2.75) is 19.3 Å². The topological polar surface area (TPSA) is 44.4 Å². The minimum Gasteiger partial charge on any atom is -0.354 e. The van der Waals surface area contributed by atoms with Crippen LogP contribution in [0.2, 0.25) is 0 Å². The maximum absolute atomic E-state index is 12.0. The van der Waals surface area contributed by atoms with Crippen LogP contribution in [0.4, 0.5) is 0 Å². The first-order valence-electron chi connectivity index (χ1n) is 7.33. The highest BCUT2D eigenvalue weighted by Gasteiger charge is 2.21. The number of carbonyl (C=O) groups excluding carboxylic acids is 1. The summed E-state index contributed by atoms with van der Waals surface area (Å²) in [6, 6.07) is 10.3. The van der Waals surface area contributed by atoms with Crippen molar-refractivity contribution in [2.75, 3.05) is 39.3 Å². The molecule has 0 radical (unpaired) electrons. The van der Waals surface area contributed by atoms with Gasteiger partial charge in [-0.25, -0.2) is 0 Å². The monoisotopic (exact) mass is 275 g/mol. The van der Waals surface area contributed by atoms with Crippen molar-refractivity contribution in [1.82, 2.24) is 15.5 Å². The lowest BCUT2D eigenvalue weighted by molar-refractivity contribution is -0.122. The van der Waals surface area contributed by atoms with E-state index in [1.54, 1.807) is 0 Å². The van der Waals surface area contributed by atoms with Crippen LogP contribution < -0.4 is 10.6 Å². The van der Waals surface area contributed by atoms with Crippen molar-refractivity contribution >= 4 is 5.91 Å². The number of hydrogen-bond acceptors (Lipinski definition) is 3. The van der Waals surface area contributed by atoms with Crippen molar-refractivity contribution in [3.63, 3.8) is 0 Å². The number of piperazine rings is 1. The third-order valence-corrected chi connectivity index (χ3v) is 3.86. The molecule has 110 valence electrons. The summed E-state index contributed by atoms with van der Waals surface area (Å²) in [7, 11) is 0. The molecule has 2 N–H and O–H groups in total. The van der Waals surface area contributed by atoms with E-state index < -0.39 is 0 Å². The van der Waals surface area contributed by atoms with E-state index in [-0.39, 0.29) is 11.3 Å². The molecule has 1 amide bonds. The summed E-state index contributed by atoms with van der Waals surface area (Å²) in [5.41, 5.74) is 1.21. The molecule has 1 aromatic carbocycles. The summed E-state index contributed by atoms with van der Waals surface area (Å²) in [5, 5.41) is 6.36. The summed E-state index contributed by atoms with van der Waals surface area (Å²) in [5.74, 6) is 0.121. The van der Waals surface area contributed by atoms with Gasteiger partial charge in [-0.1, -0.05) is 44.2 Å². The van der Waals surface area contributed by atoms with Crippen LogP contribution in [-0.4, -0.2) is 50.1 Å². The fraction of sp³-hybridized carbons (Fsp3) is 0.562. The summed E-state index contributed by atoms with van der Waals surface area (Å²) in [6.45, 7) is 9.35. The van der Waals surface area contributed by atoms with Gasteiger partial charge in [-0.3, -0.25) is 9.69 Å². The molecule has 0 bridgehead atoms. The van der Waals surface area contributed by atoms with E-state index in [1.165, 1.54) is 5.56 Å². The number of amides is 1. The Balaban J connectivity index is 1.80. The Hall–Kier alpha value is -1.39. The molecule has 2 rings (SSSR count). The quantitative estimate of drug-likeness (QED) is 0.842. The SMILES string of the molecule is CC(C)(CNC(=O)CN1CCNCC1)c1ccccc1. The molecule has 0 saturated carbocycles. The Morgan fingerprint density at radius 3 is 2.55 bits per heavy atom. The standard InChI is InChI=1S/C16H25N3O/c1-16(2,14-6-4-3-5-7-14)13-18-15(20)12-19-10-8-17-9-11-19/h3-7,17H,8-13H2,1-2H3,(H,18,20). The second-order valence-electron chi connectivity index (χ2n) is 6.05. The van der Waals surface area contributed by atoms with Gasteiger partial charge < -0.3 is 10.6 Å². The van der Waals surface area contributed by atoms with Gasteiger partial charge in [-0.15, -0.1) is 0 Å². The number of hydrogen-bond donors (Lipinski definition) is 2. The largest absolute Gasteiger partial charge is 0.354 e. The van der Waals surface area contributed by atoms with E-state index in [1.807, 2.05) is 18.2 Å². The molecule has 1 aliphatic heterocycles. The molecule has 4 nitrogen and oxygen atoms in total. The molecule has 0 aliphatic carbocycles. The molecule has 0 atom stereocenters. The Labute approximate surface area is 121 Å². The minimum atomic E-state index is -0.0413. The predicted octanol–water partition coefficient (Wildman–Crippen LogP) is 0.986. The molecular weight excluding hydrogens is 250 g/mol. The van der Waals surface area contributed by atoms with Crippen LogP contribution in [0, 0.1) is 0 Å². The van der Waals surface area contributed by atoms with Crippen molar-refractivity contribution in [3.05, 3.63) is 35.9 Å². The van der Waals surface area contributed by atoms with Crippen molar-refractivity contribution in [1.29, 1.82) is 0 Å². The summed E-state index contributed by atoms with van der Waals surface area (Å²) in [4.78, 5) is 14.2. The van der Waals surface area contributed by atoms with Gasteiger partial charge in [0.15, 0.2) is 0 Å². The molecule has 0 spiro atoms. The average molecular weight is 275 g/mol. The summed E-state index contributed by atoms with van der Waals surface area (Å²) in [6.07, 6.45) is 0. The number of benzene rings is 1. The van der Waals surface area contributed by atoms with E-state index in [4.69, 9.17) is 0 Å². The highest BCUT2D eigenvalue weighted by atomic mass is 16.2. The first-order valence-corrected chi connectivity index (χ1v) is 7.33. The molecule has 0 unspecified atom stereocenters. The Morgan fingerprint density at radius 2 is 1.90 bits per heavy atom. The van der Waals surface area contributed by atoms with Crippen molar-refractivity contribution < 1.29 is 4.79 Å². The normalized spacial score (nSPS) is 16.9. The second-order valence-corrected chi connectivity index (χ2v) is 6.05. The van der Waals surface area contributed by atoms with Gasteiger partial charge in [0, 0.05) is 38.1 Å². The van der Waals surface area contributed by atoms with Crippen LogP contribution >= 0.6 is 0 Å². The van der Waals surface area contributed by atoms with Gasteiger partial charge in [-0.05, 0) is 5.56 Å². The third kappa shape index (κ3) is 4.32. The maximum atomic E-state index is 12.0. The number of nitrogens with one attached hydrogen (secondary N) is 2. The molecule has 0 aromatic heterocycles. The third-order valence-electron chi connectivity index (χ3n) is 3.86. The molecule has 1 aliphatic rings. The fourth-order valence-electron chi connectivity index (χ4n) is 2.44. The van der Waals surface area contributed by atoms with Crippen LogP contribution in [0.5, 0.6) is 0 Å². The minimum absolute atomic E-state index is 0.0413. The van der Waals surface area contributed by atoms with Crippen LogP contribution in [0.3, 0.4) is 0 Å².